The number of piperazine rings is 1. The number of aryl methyl sites for hydroxylation is 1. The molecule has 0 bridgehead atoms. The normalized spacial score (nSPS) is 14.9. The van der Waals surface area contributed by atoms with E-state index < -0.39 is 0 Å². The Hall–Kier alpha value is -2.68. The van der Waals surface area contributed by atoms with Gasteiger partial charge in [-0.05, 0) is 19.1 Å². The lowest BCUT2D eigenvalue weighted by Gasteiger charge is -2.36. The number of aromatic nitrogens is 3. The summed E-state index contributed by atoms with van der Waals surface area (Å²) in [5, 5.41) is 8.80. The van der Waals surface area contributed by atoms with Gasteiger partial charge in [-0.1, -0.05) is 0 Å². The molecule has 2 aromatic heterocycles. The summed E-state index contributed by atoms with van der Waals surface area (Å²) in [4.78, 5) is 17.3. The average Bonchev–Trinajstić information content (AvgIpc) is 2.55. The van der Waals surface area contributed by atoms with Crippen LogP contribution in [0.15, 0.2) is 30.7 Å². The standard InChI is InChI=1S/C15H16N6/c1-12-8-15(19-11-18-12)21-6-4-20(5-7-21)14-3-2-13(9-16)10-17-14/h2-3,8,10-11H,4-7H2,1H3. The van der Waals surface area contributed by atoms with Crippen molar-refractivity contribution in [1.82, 2.24) is 15.0 Å². The second-order valence-electron chi connectivity index (χ2n) is 5.01. The van der Waals surface area contributed by atoms with Crippen molar-refractivity contribution >= 4 is 11.6 Å². The van der Waals surface area contributed by atoms with Crippen LogP contribution in [0.1, 0.15) is 11.3 Å². The lowest BCUT2D eigenvalue weighted by atomic mass is 10.2. The second kappa shape index (κ2) is 5.75. The van der Waals surface area contributed by atoms with Crippen molar-refractivity contribution in [3.8, 4) is 6.07 Å². The molecule has 1 aliphatic heterocycles. The quantitative estimate of drug-likeness (QED) is 0.827. The van der Waals surface area contributed by atoms with Gasteiger partial charge in [-0.15, -0.1) is 0 Å². The first-order valence-electron chi connectivity index (χ1n) is 6.91. The minimum absolute atomic E-state index is 0.592. The fourth-order valence-corrected chi connectivity index (χ4v) is 2.42. The molecule has 1 fully saturated rings. The van der Waals surface area contributed by atoms with Gasteiger partial charge in [0.15, 0.2) is 0 Å². The van der Waals surface area contributed by atoms with Crippen molar-refractivity contribution in [3.63, 3.8) is 0 Å². The third kappa shape index (κ3) is 2.92. The van der Waals surface area contributed by atoms with Gasteiger partial charge in [0.25, 0.3) is 0 Å². The molecule has 0 aromatic carbocycles. The Morgan fingerprint density at radius 2 is 1.71 bits per heavy atom. The van der Waals surface area contributed by atoms with Crippen LogP contribution in [0.4, 0.5) is 11.6 Å². The van der Waals surface area contributed by atoms with Crippen molar-refractivity contribution < 1.29 is 0 Å². The highest BCUT2D eigenvalue weighted by Crippen LogP contribution is 2.17. The number of nitrogens with zero attached hydrogens (tertiary/aromatic N) is 6. The zero-order chi connectivity index (χ0) is 14.7. The molecule has 1 saturated heterocycles. The largest absolute Gasteiger partial charge is 0.353 e. The Balaban J connectivity index is 1.66. The number of rotatable bonds is 2. The molecule has 0 N–H and O–H groups in total. The Kier molecular flexibility index (Phi) is 3.65. The third-order valence-corrected chi connectivity index (χ3v) is 3.59. The predicted octanol–water partition coefficient (Wildman–Crippen LogP) is 1.38. The van der Waals surface area contributed by atoms with Crippen molar-refractivity contribution in [2.75, 3.05) is 36.0 Å². The van der Waals surface area contributed by atoms with Crippen molar-refractivity contribution in [1.29, 1.82) is 5.26 Å². The van der Waals surface area contributed by atoms with Crippen LogP contribution in [0.2, 0.25) is 0 Å². The van der Waals surface area contributed by atoms with Gasteiger partial charge < -0.3 is 9.80 Å². The molecule has 0 aliphatic carbocycles. The molecule has 21 heavy (non-hydrogen) atoms. The molecule has 0 amide bonds. The van der Waals surface area contributed by atoms with Crippen molar-refractivity contribution in [2.24, 2.45) is 0 Å². The minimum Gasteiger partial charge on any atom is -0.353 e. The van der Waals surface area contributed by atoms with Gasteiger partial charge in [-0.2, -0.15) is 5.26 Å². The molecular weight excluding hydrogens is 264 g/mol. The second-order valence-corrected chi connectivity index (χ2v) is 5.01. The van der Waals surface area contributed by atoms with Crippen molar-refractivity contribution in [3.05, 3.63) is 42.0 Å². The highest BCUT2D eigenvalue weighted by Gasteiger charge is 2.19. The lowest BCUT2D eigenvalue weighted by Crippen LogP contribution is -2.47. The average molecular weight is 280 g/mol. The highest BCUT2D eigenvalue weighted by atomic mass is 15.3. The maximum Gasteiger partial charge on any atom is 0.132 e. The van der Waals surface area contributed by atoms with E-state index in [9.17, 15) is 0 Å². The summed E-state index contributed by atoms with van der Waals surface area (Å²) in [5.74, 6) is 1.91. The summed E-state index contributed by atoms with van der Waals surface area (Å²) in [6.07, 6.45) is 3.23. The molecule has 0 saturated carbocycles. The van der Waals surface area contributed by atoms with Gasteiger partial charge in [0, 0.05) is 44.1 Å². The molecule has 3 rings (SSSR count). The van der Waals surface area contributed by atoms with Gasteiger partial charge in [0.2, 0.25) is 0 Å². The molecule has 3 heterocycles. The molecular formula is C15H16N6. The number of hydrogen-bond donors (Lipinski definition) is 0. The van der Waals surface area contributed by atoms with E-state index in [1.54, 1.807) is 12.5 Å². The van der Waals surface area contributed by atoms with Crippen LogP contribution in [0.5, 0.6) is 0 Å². The first kappa shape index (κ1) is 13.3. The summed E-state index contributed by atoms with van der Waals surface area (Å²) < 4.78 is 0. The van der Waals surface area contributed by atoms with Crippen molar-refractivity contribution in [2.45, 2.75) is 6.92 Å². The molecule has 0 radical (unpaired) electrons. The summed E-state index contributed by atoms with van der Waals surface area (Å²) in [7, 11) is 0. The zero-order valence-electron chi connectivity index (χ0n) is 11.9. The SMILES string of the molecule is Cc1cc(N2CCN(c3ccc(C#N)cn3)CC2)ncn1. The van der Waals surface area contributed by atoms with Crippen LogP contribution in [-0.2, 0) is 0 Å². The number of anilines is 2. The summed E-state index contributed by atoms with van der Waals surface area (Å²) >= 11 is 0. The molecule has 2 aromatic rings. The van der Waals surface area contributed by atoms with Gasteiger partial charge in [0.05, 0.1) is 5.56 Å². The number of nitriles is 1. The van der Waals surface area contributed by atoms with E-state index in [-0.39, 0.29) is 0 Å². The Bertz CT molecular complexity index is 653. The first-order valence-corrected chi connectivity index (χ1v) is 6.91. The summed E-state index contributed by atoms with van der Waals surface area (Å²) in [5.41, 5.74) is 1.57. The van der Waals surface area contributed by atoms with E-state index in [1.165, 1.54) is 0 Å². The molecule has 0 spiro atoms. The fourth-order valence-electron chi connectivity index (χ4n) is 2.42. The maximum atomic E-state index is 8.80. The molecule has 6 heteroatoms. The molecule has 0 atom stereocenters. The van der Waals surface area contributed by atoms with Gasteiger partial charge >= 0.3 is 0 Å². The molecule has 0 unspecified atom stereocenters. The van der Waals surface area contributed by atoms with E-state index in [1.807, 2.05) is 25.1 Å². The van der Waals surface area contributed by atoms with Crippen LogP contribution in [0, 0.1) is 18.3 Å². The predicted molar refractivity (Wildman–Crippen MR) is 80.1 cm³/mol. The van der Waals surface area contributed by atoms with E-state index in [0.29, 0.717) is 5.56 Å². The topological polar surface area (TPSA) is 68.9 Å². The number of pyridine rings is 1. The summed E-state index contributed by atoms with van der Waals surface area (Å²) in [6, 6.07) is 7.81. The third-order valence-electron chi connectivity index (χ3n) is 3.59. The van der Waals surface area contributed by atoms with Gasteiger partial charge in [-0.25, -0.2) is 15.0 Å². The van der Waals surface area contributed by atoms with E-state index in [4.69, 9.17) is 5.26 Å². The summed E-state index contributed by atoms with van der Waals surface area (Å²) in [6.45, 7) is 5.56. The van der Waals surface area contributed by atoms with Gasteiger partial charge in [-0.3, -0.25) is 0 Å². The highest BCUT2D eigenvalue weighted by molar-refractivity contribution is 5.46. The molecule has 106 valence electrons. The Morgan fingerprint density at radius 3 is 2.29 bits per heavy atom. The maximum absolute atomic E-state index is 8.80. The smallest absolute Gasteiger partial charge is 0.132 e. The van der Waals surface area contributed by atoms with E-state index in [2.05, 4.69) is 30.8 Å². The van der Waals surface area contributed by atoms with E-state index >= 15 is 0 Å². The molecule has 1 aliphatic rings. The van der Waals surface area contributed by atoms with Crippen LogP contribution in [0.3, 0.4) is 0 Å². The first-order chi connectivity index (χ1) is 10.3. The van der Waals surface area contributed by atoms with E-state index in [0.717, 1.165) is 43.5 Å². The molecule has 6 nitrogen and oxygen atoms in total. The van der Waals surface area contributed by atoms with Crippen LogP contribution < -0.4 is 9.80 Å². The van der Waals surface area contributed by atoms with Gasteiger partial charge in [0.1, 0.15) is 24.0 Å². The zero-order valence-corrected chi connectivity index (χ0v) is 11.9. The monoisotopic (exact) mass is 280 g/mol. The number of hydrogen-bond acceptors (Lipinski definition) is 6. The van der Waals surface area contributed by atoms with Crippen LogP contribution >= 0.6 is 0 Å². The fraction of sp³-hybridized carbons (Fsp3) is 0.333. The van der Waals surface area contributed by atoms with Crippen LogP contribution in [-0.4, -0.2) is 41.1 Å². The van der Waals surface area contributed by atoms with Crippen LogP contribution in [0.25, 0.3) is 0 Å². The Morgan fingerprint density at radius 1 is 1.00 bits per heavy atom. The minimum atomic E-state index is 0.592. The Labute approximate surface area is 123 Å². The lowest BCUT2D eigenvalue weighted by molar-refractivity contribution is 0.640.